The first-order valence-corrected chi connectivity index (χ1v) is 7.52. The molecule has 0 saturated carbocycles. The Morgan fingerprint density at radius 2 is 2.05 bits per heavy atom. The number of nitrogens with one attached hydrogen (secondary N) is 1. The van der Waals surface area contributed by atoms with E-state index >= 15 is 0 Å². The van der Waals surface area contributed by atoms with E-state index in [1.54, 1.807) is 0 Å². The fraction of sp³-hybridized carbons (Fsp3) is 0.600. The highest BCUT2D eigenvalue weighted by Crippen LogP contribution is 2.18. The fourth-order valence-electron chi connectivity index (χ4n) is 2.77. The molecule has 2 aliphatic heterocycles. The Bertz CT molecular complexity index is 479. The summed E-state index contributed by atoms with van der Waals surface area (Å²) < 4.78 is 0. The summed E-state index contributed by atoms with van der Waals surface area (Å²) in [5, 5.41) is 3.41. The molecule has 5 heteroatoms. The molecule has 0 aliphatic carbocycles. The molecule has 3 heterocycles. The van der Waals surface area contributed by atoms with Gasteiger partial charge < -0.3 is 15.1 Å². The third kappa shape index (κ3) is 3.03. The van der Waals surface area contributed by atoms with Crippen molar-refractivity contribution in [2.24, 2.45) is 4.99 Å². The van der Waals surface area contributed by atoms with Crippen molar-refractivity contribution in [3.8, 4) is 0 Å². The van der Waals surface area contributed by atoms with Crippen LogP contribution in [0, 0.1) is 0 Å². The molecular formula is C15H23N5. The van der Waals surface area contributed by atoms with Gasteiger partial charge in [-0.15, -0.1) is 0 Å². The average molecular weight is 273 g/mol. The second-order valence-electron chi connectivity index (χ2n) is 5.55. The zero-order valence-electron chi connectivity index (χ0n) is 12.2. The average Bonchev–Trinajstić information content (AvgIpc) is 2.92. The summed E-state index contributed by atoms with van der Waals surface area (Å²) in [6, 6.07) is 4.28. The molecule has 0 amide bonds. The van der Waals surface area contributed by atoms with E-state index in [0.717, 1.165) is 44.5 Å². The molecule has 0 radical (unpaired) electrons. The van der Waals surface area contributed by atoms with Crippen LogP contribution in [-0.2, 0) is 6.54 Å². The number of likely N-dealkylation sites (N-methyl/N-ethyl adjacent to an activating group) is 1. The highest BCUT2D eigenvalue weighted by Gasteiger charge is 2.14. The Kier molecular flexibility index (Phi) is 4.04. The molecule has 0 atom stereocenters. The molecule has 20 heavy (non-hydrogen) atoms. The zero-order chi connectivity index (χ0) is 13.8. The molecule has 1 aromatic heterocycles. The third-order valence-electron chi connectivity index (χ3n) is 4.00. The van der Waals surface area contributed by atoms with Gasteiger partial charge in [-0.1, -0.05) is 0 Å². The quantitative estimate of drug-likeness (QED) is 0.905. The van der Waals surface area contributed by atoms with E-state index in [1.165, 1.54) is 24.8 Å². The van der Waals surface area contributed by atoms with Gasteiger partial charge in [-0.3, -0.25) is 4.99 Å². The Labute approximate surface area is 120 Å². The lowest BCUT2D eigenvalue weighted by Gasteiger charge is -2.28. The summed E-state index contributed by atoms with van der Waals surface area (Å²) >= 11 is 0. The molecule has 1 fully saturated rings. The van der Waals surface area contributed by atoms with Gasteiger partial charge in [0.05, 0.1) is 6.54 Å². The highest BCUT2D eigenvalue weighted by atomic mass is 15.3. The minimum absolute atomic E-state index is 0.812. The van der Waals surface area contributed by atoms with Gasteiger partial charge in [-0.25, -0.2) is 4.98 Å². The number of pyridine rings is 1. The van der Waals surface area contributed by atoms with Gasteiger partial charge in [0.15, 0.2) is 5.96 Å². The minimum Gasteiger partial charge on any atom is -0.357 e. The van der Waals surface area contributed by atoms with E-state index < -0.39 is 0 Å². The topological polar surface area (TPSA) is 43.8 Å². The molecular weight excluding hydrogens is 250 g/mol. The van der Waals surface area contributed by atoms with Crippen LogP contribution in [0.3, 0.4) is 0 Å². The normalized spacial score (nSPS) is 19.1. The second kappa shape index (κ2) is 6.11. The number of rotatable bonds is 3. The number of guanidine groups is 1. The molecule has 3 rings (SSSR count). The maximum atomic E-state index is 4.52. The van der Waals surface area contributed by atoms with Crippen LogP contribution in [0.4, 0.5) is 5.82 Å². The Morgan fingerprint density at radius 1 is 1.20 bits per heavy atom. The van der Waals surface area contributed by atoms with Gasteiger partial charge in [0.1, 0.15) is 5.82 Å². The number of hydrogen-bond donors (Lipinski definition) is 1. The number of nitrogens with zero attached hydrogens (tertiary/aromatic N) is 4. The molecule has 0 bridgehead atoms. The molecule has 5 nitrogen and oxygen atoms in total. The Hall–Kier alpha value is -1.78. The van der Waals surface area contributed by atoms with Crippen molar-refractivity contribution in [2.75, 3.05) is 38.1 Å². The summed E-state index contributed by atoms with van der Waals surface area (Å²) in [6.45, 7) is 5.00. The molecule has 108 valence electrons. The molecule has 0 aromatic carbocycles. The van der Waals surface area contributed by atoms with E-state index in [-0.39, 0.29) is 0 Å². The molecule has 0 unspecified atom stereocenters. The zero-order valence-corrected chi connectivity index (χ0v) is 12.2. The number of aromatic nitrogens is 1. The summed E-state index contributed by atoms with van der Waals surface area (Å²) in [5.41, 5.74) is 1.27. The lowest BCUT2D eigenvalue weighted by atomic mass is 10.1. The molecule has 0 spiro atoms. The summed E-state index contributed by atoms with van der Waals surface area (Å²) in [5.74, 6) is 2.12. The van der Waals surface area contributed by atoms with Crippen LogP contribution in [0.25, 0.3) is 0 Å². The number of aliphatic imine (C=N–C) groups is 1. The van der Waals surface area contributed by atoms with Crippen LogP contribution < -0.4 is 10.2 Å². The van der Waals surface area contributed by atoms with Crippen molar-refractivity contribution in [3.63, 3.8) is 0 Å². The van der Waals surface area contributed by atoms with Crippen LogP contribution in [0.2, 0.25) is 0 Å². The van der Waals surface area contributed by atoms with Crippen molar-refractivity contribution in [1.82, 2.24) is 15.2 Å². The Morgan fingerprint density at radius 3 is 2.80 bits per heavy atom. The van der Waals surface area contributed by atoms with Crippen molar-refractivity contribution in [2.45, 2.75) is 25.8 Å². The first-order valence-electron chi connectivity index (χ1n) is 7.52. The molecule has 2 aliphatic rings. The molecule has 1 aromatic rings. The van der Waals surface area contributed by atoms with E-state index in [2.05, 4.69) is 44.3 Å². The number of hydrogen-bond acceptors (Lipinski definition) is 5. The van der Waals surface area contributed by atoms with Gasteiger partial charge in [0, 0.05) is 39.4 Å². The van der Waals surface area contributed by atoms with Crippen molar-refractivity contribution in [1.29, 1.82) is 0 Å². The van der Waals surface area contributed by atoms with Crippen molar-refractivity contribution in [3.05, 3.63) is 23.9 Å². The number of piperidine rings is 1. The van der Waals surface area contributed by atoms with Crippen LogP contribution >= 0.6 is 0 Å². The maximum Gasteiger partial charge on any atom is 0.194 e. The van der Waals surface area contributed by atoms with Gasteiger partial charge >= 0.3 is 0 Å². The smallest absolute Gasteiger partial charge is 0.194 e. The monoisotopic (exact) mass is 273 g/mol. The van der Waals surface area contributed by atoms with E-state index in [4.69, 9.17) is 0 Å². The van der Waals surface area contributed by atoms with Crippen LogP contribution in [0.1, 0.15) is 24.8 Å². The van der Waals surface area contributed by atoms with Crippen LogP contribution in [0.15, 0.2) is 23.3 Å². The first kappa shape index (κ1) is 13.2. The summed E-state index contributed by atoms with van der Waals surface area (Å²) in [4.78, 5) is 13.5. The van der Waals surface area contributed by atoms with Gasteiger partial charge in [0.25, 0.3) is 0 Å². The van der Waals surface area contributed by atoms with Crippen molar-refractivity contribution < 1.29 is 0 Å². The highest BCUT2D eigenvalue weighted by molar-refractivity contribution is 5.81. The van der Waals surface area contributed by atoms with E-state index in [1.807, 2.05) is 6.20 Å². The second-order valence-corrected chi connectivity index (χ2v) is 5.55. The first-order chi connectivity index (χ1) is 9.83. The molecule has 1 N–H and O–H groups in total. The van der Waals surface area contributed by atoms with Crippen molar-refractivity contribution >= 4 is 11.8 Å². The maximum absolute atomic E-state index is 4.52. The predicted molar refractivity (Wildman–Crippen MR) is 82.1 cm³/mol. The number of anilines is 1. The SMILES string of the molecule is CN1CCN=C1NCc1ccnc(N2CCCCC2)c1. The lowest BCUT2D eigenvalue weighted by Crippen LogP contribution is -2.35. The van der Waals surface area contributed by atoms with E-state index in [0.29, 0.717) is 0 Å². The van der Waals surface area contributed by atoms with Crippen LogP contribution in [-0.4, -0.2) is 49.1 Å². The molecule has 1 saturated heterocycles. The largest absolute Gasteiger partial charge is 0.357 e. The van der Waals surface area contributed by atoms with Gasteiger partial charge in [-0.2, -0.15) is 0 Å². The minimum atomic E-state index is 0.812. The summed E-state index contributed by atoms with van der Waals surface area (Å²) in [7, 11) is 2.07. The van der Waals surface area contributed by atoms with E-state index in [9.17, 15) is 0 Å². The van der Waals surface area contributed by atoms with Gasteiger partial charge in [-0.05, 0) is 37.0 Å². The fourth-order valence-corrected chi connectivity index (χ4v) is 2.77. The Balaban J connectivity index is 1.62. The lowest BCUT2D eigenvalue weighted by molar-refractivity contribution is 0.534. The third-order valence-corrected chi connectivity index (χ3v) is 4.00. The standard InChI is InChI=1S/C15H23N5/c1-19-10-7-17-15(19)18-12-13-5-6-16-14(11-13)20-8-3-2-4-9-20/h5-6,11H,2-4,7-10,12H2,1H3,(H,17,18). The van der Waals surface area contributed by atoms with Gasteiger partial charge in [0.2, 0.25) is 0 Å². The predicted octanol–water partition coefficient (Wildman–Crippen LogP) is 1.46. The summed E-state index contributed by atoms with van der Waals surface area (Å²) in [6.07, 6.45) is 5.84. The van der Waals surface area contributed by atoms with Crippen LogP contribution in [0.5, 0.6) is 0 Å².